The Morgan fingerprint density at radius 2 is 2.04 bits per heavy atom. The lowest BCUT2D eigenvalue weighted by Gasteiger charge is -2.21. The van der Waals surface area contributed by atoms with E-state index >= 15 is 0 Å². The highest BCUT2D eigenvalue weighted by atomic mass is 16.5. The molecular formula is C20H24N2O4. The van der Waals surface area contributed by atoms with Crippen LogP contribution in [0.5, 0.6) is 5.75 Å². The highest BCUT2D eigenvalue weighted by molar-refractivity contribution is 6.09. The quantitative estimate of drug-likeness (QED) is 0.855. The summed E-state index contributed by atoms with van der Waals surface area (Å²) in [6.07, 6.45) is 4.14. The SMILES string of the molecule is COC(=O)C1=CC(NC(=O)c2c(C)n(C)c3ccc(OC)cc23)CCC1. The molecular weight excluding hydrogens is 332 g/mol. The van der Waals surface area contributed by atoms with Crippen molar-refractivity contribution in [2.24, 2.45) is 7.05 Å². The molecule has 1 aliphatic rings. The van der Waals surface area contributed by atoms with E-state index in [2.05, 4.69) is 5.32 Å². The van der Waals surface area contributed by atoms with Gasteiger partial charge in [0.1, 0.15) is 5.75 Å². The summed E-state index contributed by atoms with van der Waals surface area (Å²) >= 11 is 0. The zero-order valence-corrected chi connectivity index (χ0v) is 15.6. The van der Waals surface area contributed by atoms with Crippen LogP contribution in [0.2, 0.25) is 0 Å². The first-order valence-electron chi connectivity index (χ1n) is 8.69. The average Bonchev–Trinajstić information content (AvgIpc) is 2.91. The number of ether oxygens (including phenoxy) is 2. The third kappa shape index (κ3) is 3.19. The number of amides is 1. The topological polar surface area (TPSA) is 69.6 Å². The van der Waals surface area contributed by atoms with Gasteiger partial charge in [0.2, 0.25) is 0 Å². The molecule has 1 aliphatic carbocycles. The van der Waals surface area contributed by atoms with Gasteiger partial charge >= 0.3 is 5.97 Å². The standard InChI is InChI=1S/C20H24N2O4/c1-12-18(16-11-15(25-3)8-9-17(16)22(12)2)19(23)21-14-7-5-6-13(10-14)20(24)26-4/h8-11,14H,5-7H2,1-4H3,(H,21,23). The van der Waals surface area contributed by atoms with Gasteiger partial charge in [-0.1, -0.05) is 6.08 Å². The largest absolute Gasteiger partial charge is 0.497 e. The van der Waals surface area contributed by atoms with E-state index in [1.807, 2.05) is 42.8 Å². The zero-order valence-electron chi connectivity index (χ0n) is 15.6. The van der Waals surface area contributed by atoms with Gasteiger partial charge in [-0.05, 0) is 44.4 Å². The zero-order chi connectivity index (χ0) is 18.8. The molecule has 1 N–H and O–H groups in total. The normalized spacial score (nSPS) is 16.9. The molecule has 0 radical (unpaired) electrons. The summed E-state index contributed by atoms with van der Waals surface area (Å²) in [5.41, 5.74) is 3.13. The van der Waals surface area contributed by atoms with E-state index < -0.39 is 0 Å². The molecule has 6 heteroatoms. The number of aryl methyl sites for hydroxylation is 1. The molecule has 1 amide bonds. The lowest BCUT2D eigenvalue weighted by atomic mass is 9.95. The number of benzene rings is 1. The number of nitrogens with one attached hydrogen (secondary N) is 1. The molecule has 0 saturated heterocycles. The Morgan fingerprint density at radius 3 is 2.73 bits per heavy atom. The molecule has 138 valence electrons. The fourth-order valence-electron chi connectivity index (χ4n) is 3.54. The van der Waals surface area contributed by atoms with Crippen LogP contribution in [0.15, 0.2) is 29.8 Å². The number of esters is 1. The second-order valence-corrected chi connectivity index (χ2v) is 6.56. The van der Waals surface area contributed by atoms with Gasteiger partial charge < -0.3 is 19.4 Å². The highest BCUT2D eigenvalue weighted by Crippen LogP contribution is 2.29. The summed E-state index contributed by atoms with van der Waals surface area (Å²) in [7, 11) is 4.92. The molecule has 1 atom stereocenters. The molecule has 1 unspecified atom stereocenters. The molecule has 6 nitrogen and oxygen atoms in total. The highest BCUT2D eigenvalue weighted by Gasteiger charge is 2.24. The maximum absolute atomic E-state index is 13.0. The van der Waals surface area contributed by atoms with Crippen LogP contribution in [0.4, 0.5) is 0 Å². The smallest absolute Gasteiger partial charge is 0.333 e. The minimum atomic E-state index is -0.324. The molecule has 3 rings (SSSR count). The number of methoxy groups -OCH3 is 2. The van der Waals surface area contributed by atoms with Crippen LogP contribution in [-0.4, -0.2) is 36.7 Å². The van der Waals surface area contributed by atoms with Gasteiger partial charge in [-0.3, -0.25) is 4.79 Å². The molecule has 1 heterocycles. The van der Waals surface area contributed by atoms with E-state index in [0.29, 0.717) is 23.3 Å². The summed E-state index contributed by atoms with van der Waals surface area (Å²) < 4.78 is 12.1. The van der Waals surface area contributed by atoms with Crippen molar-refractivity contribution in [3.63, 3.8) is 0 Å². The molecule has 0 fully saturated rings. The first-order valence-corrected chi connectivity index (χ1v) is 8.69. The van der Waals surface area contributed by atoms with Crippen molar-refractivity contribution in [1.29, 1.82) is 0 Å². The van der Waals surface area contributed by atoms with E-state index in [9.17, 15) is 9.59 Å². The Labute approximate surface area is 152 Å². The van der Waals surface area contributed by atoms with Gasteiger partial charge in [-0.2, -0.15) is 0 Å². The number of carbonyl (C=O) groups excluding carboxylic acids is 2. The lowest BCUT2D eigenvalue weighted by Crippen LogP contribution is -2.35. The first-order chi connectivity index (χ1) is 12.5. The Kier molecular flexibility index (Phi) is 5.02. The first kappa shape index (κ1) is 18.0. The predicted molar refractivity (Wildman–Crippen MR) is 99.4 cm³/mol. The Hall–Kier alpha value is -2.76. The number of aromatic nitrogens is 1. The van der Waals surface area contributed by atoms with Crippen molar-refractivity contribution in [2.75, 3.05) is 14.2 Å². The molecule has 1 aromatic heterocycles. The van der Waals surface area contributed by atoms with E-state index in [1.54, 1.807) is 7.11 Å². The summed E-state index contributed by atoms with van der Waals surface area (Å²) in [4.78, 5) is 24.7. The third-order valence-corrected chi connectivity index (χ3v) is 5.05. The van der Waals surface area contributed by atoms with Gasteiger partial charge in [0.05, 0.1) is 19.8 Å². The van der Waals surface area contributed by atoms with Crippen molar-refractivity contribution in [3.8, 4) is 5.75 Å². The van der Waals surface area contributed by atoms with Gasteiger partial charge in [-0.15, -0.1) is 0 Å². The van der Waals surface area contributed by atoms with Gasteiger partial charge in [0.15, 0.2) is 0 Å². The minimum absolute atomic E-state index is 0.145. The summed E-state index contributed by atoms with van der Waals surface area (Å²) in [5.74, 6) is 0.242. The fourth-order valence-corrected chi connectivity index (χ4v) is 3.54. The molecule has 0 spiro atoms. The number of hydrogen-bond acceptors (Lipinski definition) is 4. The molecule has 0 bridgehead atoms. The minimum Gasteiger partial charge on any atom is -0.497 e. The van der Waals surface area contributed by atoms with E-state index in [0.717, 1.165) is 29.4 Å². The van der Waals surface area contributed by atoms with Crippen LogP contribution < -0.4 is 10.1 Å². The lowest BCUT2D eigenvalue weighted by molar-refractivity contribution is -0.136. The van der Waals surface area contributed by atoms with Crippen LogP contribution in [0, 0.1) is 6.92 Å². The predicted octanol–water partition coefficient (Wildman–Crippen LogP) is 2.88. The van der Waals surface area contributed by atoms with E-state index in [-0.39, 0.29) is 17.9 Å². The Balaban J connectivity index is 1.93. The average molecular weight is 356 g/mol. The molecule has 0 aliphatic heterocycles. The maximum atomic E-state index is 13.0. The van der Waals surface area contributed by atoms with Crippen LogP contribution in [0.1, 0.15) is 35.3 Å². The third-order valence-electron chi connectivity index (χ3n) is 5.05. The van der Waals surface area contributed by atoms with E-state index in [4.69, 9.17) is 9.47 Å². The van der Waals surface area contributed by atoms with Gasteiger partial charge in [0.25, 0.3) is 5.91 Å². The van der Waals surface area contributed by atoms with Gasteiger partial charge in [0, 0.05) is 35.3 Å². The van der Waals surface area contributed by atoms with Gasteiger partial charge in [-0.25, -0.2) is 4.79 Å². The van der Waals surface area contributed by atoms with Crippen molar-refractivity contribution in [1.82, 2.24) is 9.88 Å². The summed E-state index contributed by atoms with van der Waals surface area (Å²) in [6, 6.07) is 5.54. The second-order valence-electron chi connectivity index (χ2n) is 6.56. The maximum Gasteiger partial charge on any atom is 0.333 e. The number of hydrogen-bond donors (Lipinski definition) is 1. The Bertz CT molecular complexity index is 895. The number of carbonyl (C=O) groups is 2. The monoisotopic (exact) mass is 356 g/mol. The number of nitrogens with zero attached hydrogens (tertiary/aromatic N) is 1. The van der Waals surface area contributed by atoms with Crippen LogP contribution in [-0.2, 0) is 16.6 Å². The molecule has 1 aromatic carbocycles. The van der Waals surface area contributed by atoms with Crippen molar-refractivity contribution in [3.05, 3.63) is 41.1 Å². The van der Waals surface area contributed by atoms with Crippen LogP contribution in [0.25, 0.3) is 10.9 Å². The van der Waals surface area contributed by atoms with Crippen molar-refractivity contribution in [2.45, 2.75) is 32.2 Å². The summed E-state index contributed by atoms with van der Waals surface area (Å²) in [5, 5.41) is 3.91. The summed E-state index contributed by atoms with van der Waals surface area (Å²) in [6.45, 7) is 1.93. The molecule has 0 saturated carbocycles. The van der Waals surface area contributed by atoms with Crippen molar-refractivity contribution < 1.29 is 19.1 Å². The number of fused-ring (bicyclic) bond motifs is 1. The molecule has 2 aromatic rings. The Morgan fingerprint density at radius 1 is 1.27 bits per heavy atom. The van der Waals surface area contributed by atoms with Crippen molar-refractivity contribution >= 4 is 22.8 Å². The fraction of sp³-hybridized carbons (Fsp3) is 0.400. The van der Waals surface area contributed by atoms with E-state index in [1.165, 1.54) is 7.11 Å². The van der Waals surface area contributed by atoms with Crippen LogP contribution >= 0.6 is 0 Å². The molecule has 26 heavy (non-hydrogen) atoms. The van der Waals surface area contributed by atoms with Crippen LogP contribution in [0.3, 0.4) is 0 Å². The second kappa shape index (κ2) is 7.23. The number of rotatable bonds is 4.